The fourth-order valence-electron chi connectivity index (χ4n) is 2.56. The van der Waals surface area contributed by atoms with Crippen molar-refractivity contribution < 1.29 is 0 Å². The molecule has 1 aromatic heterocycles. The van der Waals surface area contributed by atoms with Crippen LogP contribution in [0, 0.1) is 6.92 Å². The Morgan fingerprint density at radius 3 is 2.44 bits per heavy atom. The van der Waals surface area contributed by atoms with E-state index in [1.807, 2.05) is 0 Å². The fraction of sp³-hybridized carbons (Fsp3) is 0.714. The molecule has 4 heteroatoms. The number of hydrogen-bond donors (Lipinski definition) is 2. The smallest absolute Gasteiger partial charge is 0.134 e. The highest BCUT2D eigenvalue weighted by Gasteiger charge is 2.14. The van der Waals surface area contributed by atoms with E-state index < -0.39 is 0 Å². The van der Waals surface area contributed by atoms with E-state index >= 15 is 0 Å². The van der Waals surface area contributed by atoms with Gasteiger partial charge in [0.05, 0.1) is 0 Å². The minimum atomic E-state index is 0.579. The number of aromatic nitrogens is 2. The van der Waals surface area contributed by atoms with Gasteiger partial charge in [0.25, 0.3) is 0 Å². The van der Waals surface area contributed by atoms with E-state index in [4.69, 9.17) is 0 Å². The topological polar surface area (TPSA) is 49.8 Å². The molecule has 18 heavy (non-hydrogen) atoms. The lowest BCUT2D eigenvalue weighted by Gasteiger charge is -2.19. The molecule has 0 aliphatic heterocycles. The summed E-state index contributed by atoms with van der Waals surface area (Å²) in [5.74, 6) is 1.94. The first-order valence-electron chi connectivity index (χ1n) is 7.13. The average molecular weight is 248 g/mol. The van der Waals surface area contributed by atoms with E-state index in [0.29, 0.717) is 6.04 Å². The molecule has 0 aromatic carbocycles. The second-order valence-corrected chi connectivity index (χ2v) is 5.06. The third-order valence-corrected chi connectivity index (χ3v) is 3.62. The number of nitrogens with zero attached hydrogens (tertiary/aromatic N) is 2. The lowest BCUT2D eigenvalue weighted by Crippen LogP contribution is -2.20. The Kier molecular flexibility index (Phi) is 4.79. The summed E-state index contributed by atoms with van der Waals surface area (Å²) in [5, 5.41) is 6.87. The zero-order valence-corrected chi connectivity index (χ0v) is 11.5. The van der Waals surface area contributed by atoms with Crippen LogP contribution in [0.1, 0.15) is 51.0 Å². The van der Waals surface area contributed by atoms with Gasteiger partial charge < -0.3 is 10.6 Å². The van der Waals surface area contributed by atoms with Crippen LogP contribution in [0.3, 0.4) is 0 Å². The summed E-state index contributed by atoms with van der Waals surface area (Å²) in [6.45, 7) is 5.05. The van der Waals surface area contributed by atoms with Crippen LogP contribution in [-0.4, -0.2) is 22.6 Å². The molecule has 1 saturated carbocycles. The second-order valence-electron chi connectivity index (χ2n) is 5.06. The molecule has 1 aromatic rings. The van der Waals surface area contributed by atoms with Gasteiger partial charge in [0.2, 0.25) is 0 Å². The van der Waals surface area contributed by atoms with Crippen LogP contribution in [0.25, 0.3) is 0 Å². The molecule has 4 nitrogen and oxygen atoms in total. The lowest BCUT2D eigenvalue weighted by molar-refractivity contribution is 0.617. The van der Waals surface area contributed by atoms with Gasteiger partial charge in [-0.3, -0.25) is 0 Å². The van der Waals surface area contributed by atoms with Crippen molar-refractivity contribution in [3.05, 3.63) is 11.9 Å². The van der Waals surface area contributed by atoms with E-state index in [-0.39, 0.29) is 0 Å². The van der Waals surface area contributed by atoms with Crippen LogP contribution >= 0.6 is 0 Å². The third-order valence-electron chi connectivity index (χ3n) is 3.62. The highest BCUT2D eigenvalue weighted by atomic mass is 15.1. The van der Waals surface area contributed by atoms with Gasteiger partial charge in [-0.25, -0.2) is 9.97 Å². The second kappa shape index (κ2) is 6.57. The van der Waals surface area contributed by atoms with E-state index in [2.05, 4.69) is 34.4 Å². The molecular formula is C14H24N4. The fourth-order valence-corrected chi connectivity index (χ4v) is 2.56. The highest BCUT2D eigenvalue weighted by Crippen LogP contribution is 2.23. The van der Waals surface area contributed by atoms with Crippen LogP contribution in [0.5, 0.6) is 0 Å². The van der Waals surface area contributed by atoms with Crippen molar-refractivity contribution >= 4 is 11.6 Å². The maximum Gasteiger partial charge on any atom is 0.134 e. The van der Waals surface area contributed by atoms with Gasteiger partial charge in [-0.05, 0) is 26.7 Å². The molecule has 100 valence electrons. The van der Waals surface area contributed by atoms with Crippen LogP contribution in [-0.2, 0) is 0 Å². The van der Waals surface area contributed by atoms with Gasteiger partial charge in [0.15, 0.2) is 0 Å². The van der Waals surface area contributed by atoms with Crippen molar-refractivity contribution in [3.63, 3.8) is 0 Å². The van der Waals surface area contributed by atoms with Gasteiger partial charge >= 0.3 is 0 Å². The monoisotopic (exact) mass is 248 g/mol. The van der Waals surface area contributed by atoms with Crippen LogP contribution in [0.4, 0.5) is 11.6 Å². The third kappa shape index (κ3) is 3.34. The maximum atomic E-state index is 4.38. The predicted molar refractivity (Wildman–Crippen MR) is 76.0 cm³/mol. The standard InChI is InChI=1S/C14H24N4/c1-3-15-13-11(2)14(17-10-16-13)18-12-8-6-4-5-7-9-12/h10,12H,3-9H2,1-2H3,(H2,15,16,17,18). The molecule has 0 bridgehead atoms. The molecule has 1 aliphatic rings. The Morgan fingerprint density at radius 1 is 1.11 bits per heavy atom. The van der Waals surface area contributed by atoms with Crippen molar-refractivity contribution in [2.24, 2.45) is 0 Å². The van der Waals surface area contributed by atoms with Crippen molar-refractivity contribution in [1.82, 2.24) is 9.97 Å². The van der Waals surface area contributed by atoms with Crippen molar-refractivity contribution in [2.45, 2.75) is 58.4 Å². The van der Waals surface area contributed by atoms with Crippen LogP contribution in [0.2, 0.25) is 0 Å². The molecular weight excluding hydrogens is 224 g/mol. The Hall–Kier alpha value is -1.32. The van der Waals surface area contributed by atoms with Crippen molar-refractivity contribution in [3.8, 4) is 0 Å². The van der Waals surface area contributed by atoms with E-state index in [9.17, 15) is 0 Å². The van der Waals surface area contributed by atoms with Crippen molar-refractivity contribution in [1.29, 1.82) is 0 Å². The van der Waals surface area contributed by atoms with Gasteiger partial charge in [-0.2, -0.15) is 0 Å². The zero-order valence-electron chi connectivity index (χ0n) is 11.5. The summed E-state index contributed by atoms with van der Waals surface area (Å²) in [4.78, 5) is 8.66. The summed E-state index contributed by atoms with van der Waals surface area (Å²) in [6, 6.07) is 0.579. The number of anilines is 2. The molecule has 0 spiro atoms. The molecule has 0 unspecified atom stereocenters. The first-order chi connectivity index (χ1) is 8.81. The largest absolute Gasteiger partial charge is 0.370 e. The first kappa shape index (κ1) is 13.1. The number of nitrogens with one attached hydrogen (secondary N) is 2. The average Bonchev–Trinajstić information content (AvgIpc) is 2.63. The van der Waals surface area contributed by atoms with Gasteiger partial charge in [-0.15, -0.1) is 0 Å². The SMILES string of the molecule is CCNc1ncnc(NC2CCCCCC2)c1C. The van der Waals surface area contributed by atoms with E-state index in [1.54, 1.807) is 6.33 Å². The summed E-state index contributed by atoms with van der Waals surface area (Å²) in [6.07, 6.45) is 9.60. The molecule has 2 rings (SSSR count). The quantitative estimate of drug-likeness (QED) is 0.802. The van der Waals surface area contributed by atoms with E-state index in [0.717, 1.165) is 23.7 Å². The summed E-state index contributed by atoms with van der Waals surface area (Å²) in [7, 11) is 0. The van der Waals surface area contributed by atoms with Crippen LogP contribution < -0.4 is 10.6 Å². The minimum absolute atomic E-state index is 0.579. The Bertz CT molecular complexity index is 370. The summed E-state index contributed by atoms with van der Waals surface area (Å²) >= 11 is 0. The Labute approximate surface area is 110 Å². The molecule has 0 atom stereocenters. The molecule has 2 N–H and O–H groups in total. The lowest BCUT2D eigenvalue weighted by atomic mass is 10.1. The molecule has 1 aliphatic carbocycles. The highest BCUT2D eigenvalue weighted by molar-refractivity contribution is 5.56. The molecule has 1 fully saturated rings. The summed E-state index contributed by atoms with van der Waals surface area (Å²) in [5.41, 5.74) is 1.13. The predicted octanol–water partition coefficient (Wildman–Crippen LogP) is 3.35. The molecule has 0 saturated heterocycles. The summed E-state index contributed by atoms with van der Waals surface area (Å²) < 4.78 is 0. The molecule has 0 radical (unpaired) electrons. The van der Waals surface area contributed by atoms with Gasteiger partial charge in [0.1, 0.15) is 18.0 Å². The van der Waals surface area contributed by atoms with Crippen LogP contribution in [0.15, 0.2) is 6.33 Å². The Balaban J connectivity index is 2.05. The first-order valence-corrected chi connectivity index (χ1v) is 7.13. The molecule has 1 heterocycles. The zero-order chi connectivity index (χ0) is 12.8. The number of rotatable bonds is 4. The van der Waals surface area contributed by atoms with Crippen molar-refractivity contribution in [2.75, 3.05) is 17.2 Å². The molecule has 0 amide bonds. The Morgan fingerprint density at radius 2 is 1.78 bits per heavy atom. The van der Waals surface area contributed by atoms with E-state index in [1.165, 1.54) is 38.5 Å². The van der Waals surface area contributed by atoms with Gasteiger partial charge in [0, 0.05) is 18.2 Å². The van der Waals surface area contributed by atoms with Gasteiger partial charge in [-0.1, -0.05) is 25.7 Å². The normalized spacial score (nSPS) is 17.2. The maximum absolute atomic E-state index is 4.38. The number of hydrogen-bond acceptors (Lipinski definition) is 4. The minimum Gasteiger partial charge on any atom is -0.370 e.